The molecule has 0 aliphatic carbocycles. The summed E-state index contributed by atoms with van der Waals surface area (Å²) in [5.41, 5.74) is 0. The highest BCUT2D eigenvalue weighted by atomic mass is 32.2. The molecule has 2 fully saturated rings. The average molecular weight is 305 g/mol. The summed E-state index contributed by atoms with van der Waals surface area (Å²) >= 11 is 0. The van der Waals surface area contributed by atoms with Gasteiger partial charge in [0.05, 0.1) is 36.5 Å². The molecule has 114 valence electrons. The monoisotopic (exact) mass is 305 g/mol. The number of hydrogen-bond donors (Lipinski definition) is 1. The van der Waals surface area contributed by atoms with E-state index >= 15 is 0 Å². The quantitative estimate of drug-likeness (QED) is 0.755. The summed E-state index contributed by atoms with van der Waals surface area (Å²) in [6.07, 6.45) is 1.17. The smallest absolute Gasteiger partial charge is 0.305 e. The van der Waals surface area contributed by atoms with Crippen LogP contribution in [0.3, 0.4) is 0 Å². The Bertz CT molecular complexity index is 482. The first-order valence-corrected chi connectivity index (χ1v) is 8.51. The maximum Gasteiger partial charge on any atom is 0.305 e. The largest absolute Gasteiger partial charge is 0.481 e. The number of carboxylic acid groups (broad SMARTS) is 1. The van der Waals surface area contributed by atoms with Crippen molar-refractivity contribution in [2.75, 3.05) is 31.3 Å². The van der Waals surface area contributed by atoms with Crippen molar-refractivity contribution in [1.29, 1.82) is 0 Å². The minimum Gasteiger partial charge on any atom is -0.481 e. The van der Waals surface area contributed by atoms with Crippen LogP contribution in [0, 0.1) is 5.92 Å². The molecule has 2 heterocycles. The van der Waals surface area contributed by atoms with Crippen LogP contribution >= 0.6 is 0 Å². The highest BCUT2D eigenvalue weighted by Gasteiger charge is 2.38. The maximum atomic E-state index is 12.4. The predicted octanol–water partition coefficient (Wildman–Crippen LogP) is -0.487. The number of ether oxygens (including phenoxy) is 1. The Morgan fingerprint density at radius 3 is 2.70 bits per heavy atom. The van der Waals surface area contributed by atoms with Crippen molar-refractivity contribution < 1.29 is 27.9 Å². The van der Waals surface area contributed by atoms with Crippen molar-refractivity contribution in [1.82, 2.24) is 4.90 Å². The van der Waals surface area contributed by atoms with E-state index in [4.69, 9.17) is 9.84 Å². The molecular weight excluding hydrogens is 286 g/mol. The first-order chi connectivity index (χ1) is 9.39. The third kappa shape index (κ3) is 3.69. The average Bonchev–Trinajstić information content (AvgIpc) is 2.37. The maximum absolute atomic E-state index is 12.4. The van der Waals surface area contributed by atoms with Crippen molar-refractivity contribution in [2.24, 2.45) is 5.92 Å². The molecule has 0 radical (unpaired) electrons. The number of nitrogens with zero attached hydrogens (tertiary/aromatic N) is 1. The van der Waals surface area contributed by atoms with Gasteiger partial charge in [0, 0.05) is 13.2 Å². The van der Waals surface area contributed by atoms with Crippen molar-refractivity contribution >= 4 is 21.7 Å². The van der Waals surface area contributed by atoms with Crippen molar-refractivity contribution in [3.63, 3.8) is 0 Å². The zero-order valence-corrected chi connectivity index (χ0v) is 12.0. The van der Waals surface area contributed by atoms with Gasteiger partial charge in [0.25, 0.3) is 0 Å². The van der Waals surface area contributed by atoms with Gasteiger partial charge in [-0.2, -0.15) is 0 Å². The fourth-order valence-corrected chi connectivity index (χ4v) is 4.24. The minimum atomic E-state index is -3.26. The van der Waals surface area contributed by atoms with Crippen LogP contribution in [0.25, 0.3) is 0 Å². The predicted molar refractivity (Wildman–Crippen MR) is 70.0 cm³/mol. The van der Waals surface area contributed by atoms with E-state index in [1.165, 1.54) is 4.90 Å². The lowest BCUT2D eigenvalue weighted by Crippen LogP contribution is -2.54. The molecule has 2 aliphatic heterocycles. The Kier molecular flexibility index (Phi) is 4.64. The van der Waals surface area contributed by atoms with Crippen molar-refractivity contribution in [3.8, 4) is 0 Å². The summed E-state index contributed by atoms with van der Waals surface area (Å²) < 4.78 is 28.5. The molecule has 0 aromatic heterocycles. The summed E-state index contributed by atoms with van der Waals surface area (Å²) in [5, 5.41) is 8.89. The lowest BCUT2D eigenvalue weighted by molar-refractivity contribution is -0.144. The minimum absolute atomic E-state index is 0.0790. The Morgan fingerprint density at radius 1 is 1.35 bits per heavy atom. The fraction of sp³-hybridized carbons (Fsp3) is 0.833. The number of carbonyl (C=O) groups is 2. The standard InChI is InChI=1S/C12H19NO6S/c14-11(15)6-10-8-20(17,18)5-3-13(10)12(16)9-2-1-4-19-7-9/h9-10H,1-8H2,(H,14,15). The highest BCUT2D eigenvalue weighted by molar-refractivity contribution is 7.91. The molecule has 2 rings (SSSR count). The van der Waals surface area contributed by atoms with Gasteiger partial charge in [0.2, 0.25) is 5.91 Å². The van der Waals surface area contributed by atoms with E-state index in [9.17, 15) is 18.0 Å². The molecule has 0 bridgehead atoms. The highest BCUT2D eigenvalue weighted by Crippen LogP contribution is 2.22. The van der Waals surface area contributed by atoms with Crippen LogP contribution in [0.2, 0.25) is 0 Å². The van der Waals surface area contributed by atoms with Gasteiger partial charge in [-0.05, 0) is 12.8 Å². The number of aliphatic carboxylic acids is 1. The van der Waals surface area contributed by atoms with E-state index in [1.807, 2.05) is 0 Å². The normalized spacial score (nSPS) is 29.9. The van der Waals surface area contributed by atoms with Gasteiger partial charge in [-0.3, -0.25) is 9.59 Å². The molecule has 0 aromatic carbocycles. The lowest BCUT2D eigenvalue weighted by atomic mass is 9.99. The number of sulfone groups is 1. The molecule has 0 aromatic rings. The summed E-state index contributed by atoms with van der Waals surface area (Å²) in [7, 11) is -3.26. The molecule has 1 N–H and O–H groups in total. The Morgan fingerprint density at radius 2 is 2.10 bits per heavy atom. The van der Waals surface area contributed by atoms with Crippen LogP contribution in [0.15, 0.2) is 0 Å². The Labute approximate surface area is 117 Å². The molecule has 0 saturated carbocycles. The van der Waals surface area contributed by atoms with Crippen molar-refractivity contribution in [2.45, 2.75) is 25.3 Å². The molecular formula is C12H19NO6S. The van der Waals surface area contributed by atoms with Crippen molar-refractivity contribution in [3.05, 3.63) is 0 Å². The van der Waals surface area contributed by atoms with Crippen LogP contribution < -0.4 is 0 Å². The number of rotatable bonds is 3. The van der Waals surface area contributed by atoms with Gasteiger partial charge < -0.3 is 14.7 Å². The van der Waals surface area contributed by atoms with Crippen LogP contribution in [-0.2, 0) is 24.2 Å². The molecule has 2 aliphatic rings. The second-order valence-electron chi connectivity index (χ2n) is 5.31. The molecule has 2 atom stereocenters. The van der Waals surface area contributed by atoms with E-state index in [1.54, 1.807) is 0 Å². The van der Waals surface area contributed by atoms with Crippen LogP contribution in [-0.4, -0.2) is 67.6 Å². The molecule has 2 unspecified atom stereocenters. The van der Waals surface area contributed by atoms with Gasteiger partial charge >= 0.3 is 5.97 Å². The first-order valence-electron chi connectivity index (χ1n) is 6.69. The summed E-state index contributed by atoms with van der Waals surface area (Å²) in [6.45, 7) is 1.05. The van der Waals surface area contributed by atoms with Gasteiger partial charge in [0.1, 0.15) is 0 Å². The topological polar surface area (TPSA) is 101 Å². The number of amides is 1. The molecule has 2 saturated heterocycles. The summed E-state index contributed by atoms with van der Waals surface area (Å²) in [5.74, 6) is -1.90. The SMILES string of the molecule is O=C(O)CC1CS(=O)(=O)CCN1C(=O)C1CCCOC1. The molecule has 20 heavy (non-hydrogen) atoms. The summed E-state index contributed by atoms with van der Waals surface area (Å²) in [4.78, 5) is 24.7. The van der Waals surface area contributed by atoms with Gasteiger partial charge in [-0.15, -0.1) is 0 Å². The first kappa shape index (κ1) is 15.2. The van der Waals surface area contributed by atoms with E-state index in [0.717, 1.165) is 6.42 Å². The molecule has 0 spiro atoms. The third-order valence-electron chi connectivity index (χ3n) is 3.73. The van der Waals surface area contributed by atoms with E-state index in [0.29, 0.717) is 19.6 Å². The van der Waals surface area contributed by atoms with Crippen LogP contribution in [0.5, 0.6) is 0 Å². The van der Waals surface area contributed by atoms with Gasteiger partial charge in [-0.25, -0.2) is 8.42 Å². The van der Waals surface area contributed by atoms with E-state index in [2.05, 4.69) is 0 Å². The molecule has 7 nitrogen and oxygen atoms in total. The van der Waals surface area contributed by atoms with Crippen LogP contribution in [0.4, 0.5) is 0 Å². The fourth-order valence-electron chi connectivity index (χ4n) is 2.72. The van der Waals surface area contributed by atoms with Crippen LogP contribution in [0.1, 0.15) is 19.3 Å². The van der Waals surface area contributed by atoms with E-state index < -0.39 is 21.8 Å². The zero-order valence-electron chi connectivity index (χ0n) is 11.2. The Balaban J connectivity index is 2.10. The van der Waals surface area contributed by atoms with Gasteiger partial charge in [-0.1, -0.05) is 0 Å². The lowest BCUT2D eigenvalue weighted by Gasteiger charge is -2.37. The number of carboxylic acids is 1. The molecule has 1 amide bonds. The zero-order chi connectivity index (χ0) is 14.8. The number of hydrogen-bond acceptors (Lipinski definition) is 5. The third-order valence-corrected chi connectivity index (χ3v) is 5.43. The molecule has 8 heteroatoms. The van der Waals surface area contributed by atoms with E-state index in [-0.39, 0.29) is 36.3 Å². The summed E-state index contributed by atoms with van der Waals surface area (Å²) in [6, 6.07) is -0.763. The van der Waals surface area contributed by atoms with Gasteiger partial charge in [0.15, 0.2) is 9.84 Å². The number of carbonyl (C=O) groups excluding carboxylic acids is 1. The second kappa shape index (κ2) is 6.09. The second-order valence-corrected chi connectivity index (χ2v) is 7.54. The Hall–Kier alpha value is -1.15.